The van der Waals surface area contributed by atoms with Crippen molar-refractivity contribution in [2.24, 2.45) is 0 Å². The van der Waals surface area contributed by atoms with Crippen LogP contribution >= 0.6 is 23.7 Å². The van der Waals surface area contributed by atoms with Crippen LogP contribution in [0.2, 0.25) is 0 Å². The summed E-state index contributed by atoms with van der Waals surface area (Å²) in [5.41, 5.74) is 0. The Morgan fingerprint density at radius 3 is 2.89 bits per heavy atom. The predicted molar refractivity (Wildman–Crippen MR) is 81.9 cm³/mol. The summed E-state index contributed by atoms with van der Waals surface area (Å²) in [6.07, 6.45) is 2.27. The Hall–Kier alpha value is -0.620. The Balaban J connectivity index is 0.00000180. The van der Waals surface area contributed by atoms with Crippen molar-refractivity contribution in [3.05, 3.63) is 22.4 Å². The van der Waals surface area contributed by atoms with Crippen LogP contribution in [-0.4, -0.2) is 43.5 Å². The van der Waals surface area contributed by atoms with E-state index < -0.39 is 0 Å². The van der Waals surface area contributed by atoms with Gasteiger partial charge in [0.1, 0.15) is 0 Å². The maximum Gasteiger partial charge on any atom is 0.234 e. The zero-order chi connectivity index (χ0) is 12.8. The lowest BCUT2D eigenvalue weighted by Crippen LogP contribution is -2.45. The predicted octanol–water partition coefficient (Wildman–Crippen LogP) is 1.47. The minimum atomic E-state index is 0. The van der Waals surface area contributed by atoms with E-state index in [0.717, 1.165) is 25.9 Å². The lowest BCUT2D eigenvalue weighted by molar-refractivity contribution is -0.122. The summed E-state index contributed by atoms with van der Waals surface area (Å²) < 4.78 is 0. The first-order chi connectivity index (χ1) is 8.75. The van der Waals surface area contributed by atoms with Crippen LogP contribution in [0, 0.1) is 0 Å². The summed E-state index contributed by atoms with van der Waals surface area (Å²) in [5, 5.41) is 8.34. The average molecular weight is 304 g/mol. The molecule has 1 saturated heterocycles. The van der Waals surface area contributed by atoms with E-state index in [2.05, 4.69) is 15.5 Å². The molecular weight excluding hydrogens is 282 g/mol. The fraction of sp³-hybridized carbons (Fsp3) is 0.615. The molecule has 0 unspecified atom stereocenters. The van der Waals surface area contributed by atoms with E-state index in [9.17, 15) is 4.79 Å². The number of hydrogen-bond acceptors (Lipinski definition) is 4. The minimum Gasteiger partial charge on any atom is -0.350 e. The third-order valence-electron chi connectivity index (χ3n) is 3.36. The molecule has 4 nitrogen and oxygen atoms in total. The van der Waals surface area contributed by atoms with Crippen LogP contribution in [-0.2, 0) is 11.3 Å². The van der Waals surface area contributed by atoms with Gasteiger partial charge in [-0.1, -0.05) is 6.07 Å². The van der Waals surface area contributed by atoms with Crippen LogP contribution in [0.4, 0.5) is 0 Å². The van der Waals surface area contributed by atoms with Gasteiger partial charge in [0.25, 0.3) is 0 Å². The average Bonchev–Trinajstić information content (AvgIpc) is 2.90. The molecule has 1 amide bonds. The molecule has 6 heteroatoms. The number of amides is 1. The summed E-state index contributed by atoms with van der Waals surface area (Å²) in [6.45, 7) is 3.27. The molecule has 1 fully saturated rings. The largest absolute Gasteiger partial charge is 0.350 e. The molecule has 0 bridgehead atoms. The van der Waals surface area contributed by atoms with Gasteiger partial charge in [0.2, 0.25) is 5.91 Å². The number of carbonyl (C=O) groups excluding carboxylic acids is 1. The van der Waals surface area contributed by atoms with Crippen molar-refractivity contribution < 1.29 is 4.79 Å². The van der Waals surface area contributed by atoms with E-state index in [1.165, 1.54) is 4.88 Å². The number of nitrogens with one attached hydrogen (secondary N) is 2. The van der Waals surface area contributed by atoms with E-state index >= 15 is 0 Å². The maximum absolute atomic E-state index is 11.8. The van der Waals surface area contributed by atoms with Crippen LogP contribution in [0.25, 0.3) is 0 Å². The zero-order valence-electron chi connectivity index (χ0n) is 11.2. The lowest BCUT2D eigenvalue weighted by atomic mass is 10.1. The molecule has 0 atom stereocenters. The van der Waals surface area contributed by atoms with E-state index in [4.69, 9.17) is 0 Å². The molecule has 2 rings (SSSR count). The van der Waals surface area contributed by atoms with Crippen LogP contribution < -0.4 is 10.6 Å². The summed E-state index contributed by atoms with van der Waals surface area (Å²) in [4.78, 5) is 15.2. The molecule has 1 aromatic rings. The molecular formula is C13H22ClN3OS. The molecule has 0 spiro atoms. The van der Waals surface area contributed by atoms with Crippen molar-refractivity contribution in [3.8, 4) is 0 Å². The molecule has 0 aliphatic carbocycles. The van der Waals surface area contributed by atoms with Gasteiger partial charge in [0, 0.05) is 10.9 Å². The van der Waals surface area contributed by atoms with Crippen molar-refractivity contribution in [2.45, 2.75) is 25.4 Å². The van der Waals surface area contributed by atoms with Crippen LogP contribution in [0.3, 0.4) is 0 Å². The molecule has 108 valence electrons. The minimum absolute atomic E-state index is 0. The highest BCUT2D eigenvalue weighted by molar-refractivity contribution is 7.09. The standard InChI is InChI=1S/C13H21N3OS.ClH/c1-16(11-4-6-14-7-5-11)10-13(17)15-9-12-3-2-8-18-12;/h2-3,8,11,14H,4-7,9-10H2,1H3,(H,15,17);1H. The van der Waals surface area contributed by atoms with Gasteiger partial charge in [-0.05, 0) is 44.4 Å². The second-order valence-electron chi connectivity index (χ2n) is 4.75. The Morgan fingerprint density at radius 1 is 1.53 bits per heavy atom. The van der Waals surface area contributed by atoms with E-state index in [0.29, 0.717) is 19.1 Å². The third kappa shape index (κ3) is 5.48. The van der Waals surface area contributed by atoms with Gasteiger partial charge in [0.15, 0.2) is 0 Å². The number of piperidine rings is 1. The SMILES string of the molecule is CN(CC(=O)NCc1cccs1)C1CCNCC1.Cl. The van der Waals surface area contributed by atoms with Crippen LogP contribution in [0.15, 0.2) is 17.5 Å². The first-order valence-electron chi connectivity index (χ1n) is 6.46. The number of thiophene rings is 1. The van der Waals surface area contributed by atoms with Crippen molar-refractivity contribution in [3.63, 3.8) is 0 Å². The van der Waals surface area contributed by atoms with E-state index in [1.54, 1.807) is 11.3 Å². The van der Waals surface area contributed by atoms with Crippen molar-refractivity contribution >= 4 is 29.7 Å². The van der Waals surface area contributed by atoms with Crippen LogP contribution in [0.5, 0.6) is 0 Å². The van der Waals surface area contributed by atoms with E-state index in [-0.39, 0.29) is 18.3 Å². The smallest absolute Gasteiger partial charge is 0.234 e. The Labute approximate surface area is 125 Å². The van der Waals surface area contributed by atoms with Crippen molar-refractivity contribution in [1.29, 1.82) is 0 Å². The monoisotopic (exact) mass is 303 g/mol. The number of carbonyl (C=O) groups is 1. The molecule has 1 aliphatic rings. The summed E-state index contributed by atoms with van der Waals surface area (Å²) in [5.74, 6) is 0.115. The number of nitrogens with zero attached hydrogens (tertiary/aromatic N) is 1. The molecule has 0 radical (unpaired) electrons. The normalized spacial score (nSPS) is 16.1. The summed E-state index contributed by atoms with van der Waals surface area (Å²) >= 11 is 1.68. The van der Waals surface area contributed by atoms with Crippen LogP contribution in [0.1, 0.15) is 17.7 Å². The molecule has 1 aromatic heterocycles. The lowest BCUT2D eigenvalue weighted by Gasteiger charge is -2.31. The van der Waals surface area contributed by atoms with Crippen molar-refractivity contribution in [2.75, 3.05) is 26.7 Å². The Morgan fingerprint density at radius 2 is 2.26 bits per heavy atom. The highest BCUT2D eigenvalue weighted by Crippen LogP contribution is 2.10. The highest BCUT2D eigenvalue weighted by Gasteiger charge is 2.19. The molecule has 2 N–H and O–H groups in total. The Bertz CT molecular complexity index is 366. The Kier molecular flexibility index (Phi) is 7.38. The summed E-state index contributed by atoms with van der Waals surface area (Å²) in [6, 6.07) is 4.59. The molecule has 0 aromatic carbocycles. The quantitative estimate of drug-likeness (QED) is 0.866. The molecule has 19 heavy (non-hydrogen) atoms. The number of likely N-dealkylation sites (N-methyl/N-ethyl adjacent to an activating group) is 1. The second-order valence-corrected chi connectivity index (χ2v) is 5.78. The fourth-order valence-corrected chi connectivity index (χ4v) is 2.90. The molecule has 0 saturated carbocycles. The van der Waals surface area contributed by atoms with E-state index in [1.807, 2.05) is 24.6 Å². The second kappa shape index (κ2) is 8.53. The van der Waals surface area contributed by atoms with Gasteiger partial charge in [-0.15, -0.1) is 23.7 Å². The van der Waals surface area contributed by atoms with Gasteiger partial charge in [-0.25, -0.2) is 0 Å². The number of rotatable bonds is 5. The van der Waals surface area contributed by atoms with Gasteiger partial charge >= 0.3 is 0 Å². The maximum atomic E-state index is 11.8. The first kappa shape index (κ1) is 16.4. The number of halogens is 1. The fourth-order valence-electron chi connectivity index (χ4n) is 2.26. The first-order valence-corrected chi connectivity index (χ1v) is 7.33. The highest BCUT2D eigenvalue weighted by atomic mass is 35.5. The van der Waals surface area contributed by atoms with Gasteiger partial charge in [0.05, 0.1) is 13.1 Å². The topological polar surface area (TPSA) is 44.4 Å². The van der Waals surface area contributed by atoms with Gasteiger partial charge < -0.3 is 10.6 Å². The molecule has 1 aliphatic heterocycles. The number of hydrogen-bond donors (Lipinski definition) is 2. The van der Waals surface area contributed by atoms with Gasteiger partial charge in [-0.3, -0.25) is 9.69 Å². The third-order valence-corrected chi connectivity index (χ3v) is 4.24. The summed E-state index contributed by atoms with van der Waals surface area (Å²) in [7, 11) is 2.04. The zero-order valence-corrected chi connectivity index (χ0v) is 12.9. The van der Waals surface area contributed by atoms with Crippen molar-refractivity contribution in [1.82, 2.24) is 15.5 Å². The van der Waals surface area contributed by atoms with Gasteiger partial charge in [-0.2, -0.15) is 0 Å². The molecule has 2 heterocycles.